The zero-order valence-corrected chi connectivity index (χ0v) is 21.5. The normalized spacial score (nSPS) is 16.6. The number of carbonyl (C=O) groups is 2. The smallest absolute Gasteiger partial charge is 0.410 e. The van der Waals surface area contributed by atoms with E-state index in [0.717, 1.165) is 4.68 Å². The average molecular weight is 558 g/mol. The molecule has 1 aliphatic rings. The second-order valence-corrected chi connectivity index (χ2v) is 9.26. The fourth-order valence-corrected chi connectivity index (χ4v) is 4.46. The highest BCUT2D eigenvalue weighted by Crippen LogP contribution is 2.44. The first kappa shape index (κ1) is 26.8. The van der Waals surface area contributed by atoms with Crippen molar-refractivity contribution in [3.05, 3.63) is 77.5 Å². The molecular weight excluding hydrogens is 531 g/mol. The van der Waals surface area contributed by atoms with Gasteiger partial charge in [-0.3, -0.25) is 14.3 Å². The Morgan fingerprint density at radius 3 is 2.73 bits per heavy atom. The van der Waals surface area contributed by atoms with Crippen molar-refractivity contribution >= 4 is 23.5 Å². The maximum Gasteiger partial charge on any atom is 0.410 e. The number of benzene rings is 1. The van der Waals surface area contributed by atoms with Crippen molar-refractivity contribution in [2.24, 2.45) is 0 Å². The van der Waals surface area contributed by atoms with E-state index in [2.05, 4.69) is 26.1 Å². The highest BCUT2D eigenvalue weighted by molar-refractivity contribution is 6.02. The van der Waals surface area contributed by atoms with Crippen molar-refractivity contribution in [2.45, 2.75) is 44.7 Å². The second-order valence-electron chi connectivity index (χ2n) is 9.26. The number of hydrogen-bond acceptors (Lipinski definition) is 7. The third-order valence-corrected chi connectivity index (χ3v) is 6.47. The number of halogens is 3. The number of carbonyl (C=O) groups excluding carboxylic acids is 2. The molecule has 210 valence electrons. The van der Waals surface area contributed by atoms with Gasteiger partial charge in [-0.05, 0) is 36.8 Å². The van der Waals surface area contributed by atoms with Crippen molar-refractivity contribution < 1.29 is 31.9 Å². The molecule has 1 aliphatic heterocycles. The molecule has 0 fully saturated rings. The number of ether oxygens (including phenoxy) is 1. The summed E-state index contributed by atoms with van der Waals surface area (Å²) in [6.45, 7) is 1.81. The summed E-state index contributed by atoms with van der Waals surface area (Å²) in [7, 11) is 1.48. The van der Waals surface area contributed by atoms with E-state index in [1.807, 2.05) is 0 Å². The first-order valence-electron chi connectivity index (χ1n) is 12.3. The maximum atomic E-state index is 14.0. The average Bonchev–Trinajstić information content (AvgIpc) is 3.67. The van der Waals surface area contributed by atoms with Gasteiger partial charge in [-0.1, -0.05) is 12.1 Å². The fourth-order valence-electron chi connectivity index (χ4n) is 4.46. The third kappa shape index (κ3) is 5.80. The molecule has 2 atom stereocenters. The molecule has 0 unspecified atom stereocenters. The molecule has 0 spiro atoms. The van der Waals surface area contributed by atoms with Crippen LogP contribution in [0.25, 0.3) is 0 Å². The maximum absolute atomic E-state index is 14.0. The number of nitrogens with zero attached hydrogens (tertiary/aromatic N) is 4. The van der Waals surface area contributed by atoms with Gasteiger partial charge < -0.3 is 25.1 Å². The van der Waals surface area contributed by atoms with Crippen LogP contribution in [0.1, 0.15) is 46.0 Å². The Kier molecular flexibility index (Phi) is 7.24. The number of fused-ring (bicyclic) bond motifs is 1. The quantitative estimate of drug-likeness (QED) is 0.296. The van der Waals surface area contributed by atoms with E-state index >= 15 is 0 Å². The first-order valence-corrected chi connectivity index (χ1v) is 12.3. The topological polar surface area (TPSA) is 128 Å². The molecule has 5 rings (SSSR count). The summed E-state index contributed by atoms with van der Waals surface area (Å²) in [6.07, 6.45) is -3.41. The van der Waals surface area contributed by atoms with Gasteiger partial charge >= 0.3 is 6.18 Å². The van der Waals surface area contributed by atoms with Crippen molar-refractivity contribution in [1.82, 2.24) is 24.9 Å². The first-order chi connectivity index (χ1) is 19.1. The van der Waals surface area contributed by atoms with Gasteiger partial charge in [-0.25, -0.2) is 4.68 Å². The van der Waals surface area contributed by atoms with Crippen LogP contribution in [0, 0.1) is 6.92 Å². The molecular formula is C26H26F3N7O4. The Bertz CT molecular complexity index is 1510. The number of nitrogens with one attached hydrogen (secondary N) is 3. The summed E-state index contributed by atoms with van der Waals surface area (Å²) in [4.78, 5) is 25.2. The number of furan rings is 1. The predicted octanol–water partition coefficient (Wildman–Crippen LogP) is 4.22. The number of hydrogen-bond donors (Lipinski definition) is 3. The molecule has 3 aromatic heterocycles. The number of aromatic nitrogens is 4. The Labute approximate surface area is 226 Å². The Hall–Kier alpha value is -4.75. The van der Waals surface area contributed by atoms with Crippen LogP contribution >= 0.6 is 0 Å². The van der Waals surface area contributed by atoms with Crippen molar-refractivity contribution in [3.8, 4) is 5.75 Å². The molecule has 4 aromatic rings. The highest BCUT2D eigenvalue weighted by Gasteiger charge is 2.47. The van der Waals surface area contributed by atoms with E-state index in [1.54, 1.807) is 49.4 Å². The van der Waals surface area contributed by atoms with Crippen LogP contribution in [0.4, 0.5) is 24.8 Å². The molecule has 2 amide bonds. The number of alkyl halides is 3. The van der Waals surface area contributed by atoms with Crippen molar-refractivity contribution in [3.63, 3.8) is 0 Å². The molecule has 40 heavy (non-hydrogen) atoms. The van der Waals surface area contributed by atoms with Crippen LogP contribution in [0.2, 0.25) is 0 Å². The van der Waals surface area contributed by atoms with E-state index in [0.29, 0.717) is 22.8 Å². The van der Waals surface area contributed by atoms with Gasteiger partial charge in [0.2, 0.25) is 5.91 Å². The van der Waals surface area contributed by atoms with Crippen LogP contribution in [0.15, 0.2) is 59.2 Å². The summed E-state index contributed by atoms with van der Waals surface area (Å²) >= 11 is 0. The van der Waals surface area contributed by atoms with Gasteiger partial charge in [0.05, 0.1) is 26.0 Å². The van der Waals surface area contributed by atoms with E-state index in [1.165, 1.54) is 24.1 Å². The molecule has 0 saturated carbocycles. The van der Waals surface area contributed by atoms with Crippen LogP contribution in [0.3, 0.4) is 0 Å². The van der Waals surface area contributed by atoms with Crippen molar-refractivity contribution in [1.29, 1.82) is 0 Å². The number of methoxy groups -OCH3 is 1. The molecule has 0 bridgehead atoms. The zero-order valence-electron chi connectivity index (χ0n) is 21.5. The molecule has 1 aromatic carbocycles. The molecule has 0 radical (unpaired) electrons. The number of anilines is 2. The van der Waals surface area contributed by atoms with Gasteiger partial charge in [0.15, 0.2) is 17.6 Å². The van der Waals surface area contributed by atoms with Crippen LogP contribution < -0.4 is 20.7 Å². The largest absolute Gasteiger partial charge is 0.497 e. The molecule has 14 heteroatoms. The Morgan fingerprint density at radius 1 is 1.18 bits per heavy atom. The summed E-state index contributed by atoms with van der Waals surface area (Å²) < 4.78 is 54.7. The van der Waals surface area contributed by atoms with Gasteiger partial charge in [0.1, 0.15) is 23.9 Å². The summed E-state index contributed by atoms with van der Waals surface area (Å²) in [5, 5.41) is 16.5. The minimum Gasteiger partial charge on any atom is -0.497 e. The molecule has 0 aliphatic carbocycles. The van der Waals surface area contributed by atoms with E-state index < -0.39 is 24.2 Å². The van der Waals surface area contributed by atoms with E-state index in [4.69, 9.17) is 9.15 Å². The van der Waals surface area contributed by atoms with Crippen LogP contribution in [-0.2, 0) is 17.9 Å². The van der Waals surface area contributed by atoms with E-state index in [9.17, 15) is 22.8 Å². The summed E-state index contributed by atoms with van der Waals surface area (Å²) in [6, 6.07) is 10.4. The lowest BCUT2D eigenvalue weighted by atomic mass is 9.97. The van der Waals surface area contributed by atoms with E-state index in [-0.39, 0.29) is 42.7 Å². The molecule has 11 nitrogen and oxygen atoms in total. The number of amides is 2. The minimum atomic E-state index is -4.60. The standard InChI is InChI=1S/C26H26F3N7O4/c1-15-9-22(34-35(15)14-24(37)30-13-18-7-4-8-40-18)32-25(38)20-12-23-31-19(16-5-3-6-17(10-16)39-2)11-21(26(27,28)29)36(23)33-20/h3-10,12,19,21,31H,11,13-14H2,1-2H3,(H,30,37)(H,32,34,38)/t19-,21+/m0/s1. The lowest BCUT2D eigenvalue weighted by Crippen LogP contribution is -2.35. The summed E-state index contributed by atoms with van der Waals surface area (Å²) in [5.41, 5.74) is 0.986. The minimum absolute atomic E-state index is 0.0569. The SMILES string of the molecule is COc1cccc([C@@H]2C[C@H](C(F)(F)F)n3nc(C(=O)Nc4cc(C)n(CC(=O)NCc5ccco5)n4)cc3N2)c1. The van der Waals surface area contributed by atoms with Crippen LogP contribution in [0.5, 0.6) is 5.75 Å². The molecule has 4 heterocycles. The predicted molar refractivity (Wildman–Crippen MR) is 137 cm³/mol. The van der Waals surface area contributed by atoms with Crippen LogP contribution in [-0.4, -0.2) is 44.7 Å². The lowest BCUT2D eigenvalue weighted by molar-refractivity contribution is -0.173. The van der Waals surface area contributed by atoms with Gasteiger partial charge in [0.25, 0.3) is 5.91 Å². The Morgan fingerprint density at radius 2 is 2.00 bits per heavy atom. The molecule has 0 saturated heterocycles. The van der Waals surface area contributed by atoms with Gasteiger partial charge in [-0.2, -0.15) is 23.4 Å². The monoisotopic (exact) mass is 557 g/mol. The molecule has 3 N–H and O–H groups in total. The highest BCUT2D eigenvalue weighted by atomic mass is 19.4. The Balaban J connectivity index is 1.29. The third-order valence-electron chi connectivity index (χ3n) is 6.47. The second kappa shape index (κ2) is 10.8. The van der Waals surface area contributed by atoms with Gasteiger partial charge in [-0.15, -0.1) is 0 Å². The lowest BCUT2D eigenvalue weighted by Gasteiger charge is -2.33. The van der Waals surface area contributed by atoms with Crippen molar-refractivity contribution in [2.75, 3.05) is 17.7 Å². The van der Waals surface area contributed by atoms with Gasteiger partial charge in [0, 0.05) is 24.2 Å². The summed E-state index contributed by atoms with van der Waals surface area (Å²) in [5.74, 6) is 0.236. The number of aryl methyl sites for hydroxylation is 1. The fraction of sp³-hybridized carbons (Fsp3) is 0.308. The number of rotatable bonds is 8. The zero-order chi connectivity index (χ0) is 28.4.